The minimum atomic E-state index is -0.0870. The van der Waals surface area contributed by atoms with Crippen molar-refractivity contribution in [3.05, 3.63) is 47.5 Å². The number of hydrogen-bond acceptors (Lipinski definition) is 1. The number of allylic oxidation sites excluding steroid dienone is 1. The largest absolute Gasteiger partial charge is 0.393 e. The molecule has 4 aliphatic carbocycles. The summed E-state index contributed by atoms with van der Waals surface area (Å²) in [7, 11) is 0. The van der Waals surface area contributed by atoms with Crippen molar-refractivity contribution in [3.63, 3.8) is 0 Å². The molecule has 1 aromatic rings. The van der Waals surface area contributed by atoms with Gasteiger partial charge in [0.25, 0.3) is 0 Å². The van der Waals surface area contributed by atoms with Crippen molar-refractivity contribution in [1.82, 2.24) is 0 Å². The number of hydrogen-bond donors (Lipinski definition) is 1. The summed E-state index contributed by atoms with van der Waals surface area (Å²) in [6.07, 6.45) is 15.3. The first-order valence-corrected chi connectivity index (χ1v) is 12.8. The summed E-state index contributed by atoms with van der Waals surface area (Å²) in [5.41, 5.74) is 4.04. The molecule has 164 valence electrons. The van der Waals surface area contributed by atoms with Gasteiger partial charge in [-0.05, 0) is 110 Å². The van der Waals surface area contributed by atoms with Crippen LogP contribution in [0.5, 0.6) is 0 Å². The average Bonchev–Trinajstić information content (AvgIpc) is 3.10. The lowest BCUT2D eigenvalue weighted by Crippen LogP contribution is -2.50. The Labute approximate surface area is 184 Å². The van der Waals surface area contributed by atoms with Crippen LogP contribution in [0, 0.1) is 40.4 Å². The van der Waals surface area contributed by atoms with Gasteiger partial charge in [0.1, 0.15) is 0 Å². The van der Waals surface area contributed by atoms with Crippen LogP contribution in [0.2, 0.25) is 0 Å². The maximum atomic E-state index is 10.2. The zero-order valence-electron chi connectivity index (χ0n) is 19.4. The first kappa shape index (κ1) is 20.8. The van der Waals surface area contributed by atoms with Gasteiger partial charge in [0, 0.05) is 0 Å². The highest BCUT2D eigenvalue weighted by molar-refractivity contribution is 5.25. The van der Waals surface area contributed by atoms with Crippen LogP contribution in [-0.2, 0) is 6.42 Å². The first-order valence-electron chi connectivity index (χ1n) is 12.8. The Morgan fingerprint density at radius 1 is 1.00 bits per heavy atom. The van der Waals surface area contributed by atoms with E-state index in [1.54, 1.807) is 5.57 Å². The van der Waals surface area contributed by atoms with Crippen LogP contribution < -0.4 is 0 Å². The molecule has 2 unspecified atom stereocenters. The Morgan fingerprint density at radius 3 is 2.60 bits per heavy atom. The van der Waals surface area contributed by atoms with Crippen molar-refractivity contribution < 1.29 is 5.11 Å². The smallest absolute Gasteiger partial charge is 0.0577 e. The van der Waals surface area contributed by atoms with Gasteiger partial charge in [-0.25, -0.2) is 0 Å². The van der Waals surface area contributed by atoms with Crippen LogP contribution in [-0.4, -0.2) is 11.2 Å². The fourth-order valence-electron chi connectivity index (χ4n) is 8.86. The Morgan fingerprint density at radius 2 is 1.80 bits per heavy atom. The van der Waals surface area contributed by atoms with Crippen LogP contribution in [0.15, 0.2) is 42.0 Å². The zero-order valence-corrected chi connectivity index (χ0v) is 19.4. The number of fused-ring (bicyclic) bond motifs is 5. The van der Waals surface area contributed by atoms with Crippen molar-refractivity contribution in [2.75, 3.05) is 0 Å². The van der Waals surface area contributed by atoms with E-state index in [4.69, 9.17) is 0 Å². The van der Waals surface area contributed by atoms with Crippen LogP contribution >= 0.6 is 0 Å². The van der Waals surface area contributed by atoms with E-state index < -0.39 is 0 Å². The predicted octanol–water partition coefficient (Wildman–Crippen LogP) is 7.20. The van der Waals surface area contributed by atoms with E-state index in [1.807, 2.05) is 0 Å². The molecule has 3 saturated carbocycles. The second-order valence-electron chi connectivity index (χ2n) is 11.9. The Kier molecular flexibility index (Phi) is 5.41. The summed E-state index contributed by atoms with van der Waals surface area (Å²) in [5.74, 6) is 4.40. The molecular weight excluding hydrogens is 364 g/mol. The number of aliphatic hydroxyl groups excluding tert-OH is 1. The topological polar surface area (TPSA) is 20.2 Å². The van der Waals surface area contributed by atoms with Gasteiger partial charge in [-0.2, -0.15) is 0 Å². The van der Waals surface area contributed by atoms with Gasteiger partial charge < -0.3 is 5.11 Å². The van der Waals surface area contributed by atoms with Gasteiger partial charge >= 0.3 is 0 Å². The second-order valence-corrected chi connectivity index (χ2v) is 11.9. The molecule has 0 amide bonds. The lowest BCUT2D eigenvalue weighted by Gasteiger charge is -2.58. The van der Waals surface area contributed by atoms with Gasteiger partial charge in [-0.3, -0.25) is 0 Å². The molecule has 0 heterocycles. The molecule has 1 nitrogen and oxygen atoms in total. The van der Waals surface area contributed by atoms with Gasteiger partial charge in [-0.1, -0.05) is 62.8 Å². The summed E-state index contributed by atoms with van der Waals surface area (Å²) in [6.45, 7) is 7.78. The van der Waals surface area contributed by atoms with Gasteiger partial charge in [0.15, 0.2) is 0 Å². The minimum absolute atomic E-state index is 0.0870. The summed E-state index contributed by atoms with van der Waals surface area (Å²) >= 11 is 0. The lowest BCUT2D eigenvalue weighted by atomic mass is 9.47. The SMILES string of the molecule is C[C@H](CCc1ccccc1)[C@H]1CCC2[C@@H]3CC=C4C[C@@H](O)CC[C@]4(C)C3CC[C@@]21C. The molecule has 0 bridgehead atoms. The van der Waals surface area contributed by atoms with Crippen molar-refractivity contribution in [2.45, 2.75) is 91.1 Å². The molecule has 0 saturated heterocycles. The number of benzene rings is 1. The molecule has 30 heavy (non-hydrogen) atoms. The summed E-state index contributed by atoms with van der Waals surface area (Å²) in [5, 5.41) is 10.2. The molecular formula is C29H42O. The quantitative estimate of drug-likeness (QED) is 0.524. The highest BCUT2D eigenvalue weighted by Crippen LogP contribution is 2.67. The molecule has 1 heteroatoms. The monoisotopic (exact) mass is 406 g/mol. The van der Waals surface area contributed by atoms with Gasteiger partial charge in [0.05, 0.1) is 6.10 Å². The Balaban J connectivity index is 1.31. The number of aliphatic hydroxyl groups is 1. The van der Waals surface area contributed by atoms with Crippen LogP contribution in [0.1, 0.15) is 84.1 Å². The minimum Gasteiger partial charge on any atom is -0.393 e. The molecule has 0 radical (unpaired) electrons. The van der Waals surface area contributed by atoms with E-state index in [9.17, 15) is 5.11 Å². The van der Waals surface area contributed by atoms with Gasteiger partial charge in [-0.15, -0.1) is 0 Å². The normalized spacial score (nSPS) is 43.9. The maximum Gasteiger partial charge on any atom is 0.0577 e. The van der Waals surface area contributed by atoms with Gasteiger partial charge in [0.2, 0.25) is 0 Å². The van der Waals surface area contributed by atoms with Crippen molar-refractivity contribution in [3.8, 4) is 0 Å². The predicted molar refractivity (Wildman–Crippen MR) is 125 cm³/mol. The fraction of sp³-hybridized carbons (Fsp3) is 0.724. The molecule has 1 N–H and O–H groups in total. The third kappa shape index (κ3) is 3.31. The van der Waals surface area contributed by atoms with Crippen LogP contribution in [0.4, 0.5) is 0 Å². The molecule has 0 aliphatic heterocycles. The van der Waals surface area contributed by atoms with Crippen LogP contribution in [0.25, 0.3) is 0 Å². The molecule has 1 aromatic carbocycles. The van der Waals surface area contributed by atoms with E-state index in [0.29, 0.717) is 10.8 Å². The van der Waals surface area contributed by atoms with Crippen molar-refractivity contribution in [1.29, 1.82) is 0 Å². The highest BCUT2D eigenvalue weighted by atomic mass is 16.3. The number of rotatable bonds is 4. The Bertz CT molecular complexity index is 781. The third-order valence-corrected chi connectivity index (χ3v) is 10.6. The van der Waals surface area contributed by atoms with Crippen molar-refractivity contribution >= 4 is 0 Å². The van der Waals surface area contributed by atoms with E-state index >= 15 is 0 Å². The van der Waals surface area contributed by atoms with E-state index in [0.717, 1.165) is 42.4 Å². The molecule has 5 rings (SSSR count). The molecule has 0 spiro atoms. The summed E-state index contributed by atoms with van der Waals surface area (Å²) in [4.78, 5) is 0. The highest BCUT2D eigenvalue weighted by Gasteiger charge is 2.59. The standard InChI is InChI=1S/C29H42O/c1-20(9-10-21-7-5-4-6-8-21)25-13-14-26-24-12-11-22-19-23(30)15-17-28(22,2)27(24)16-18-29(25,26)3/h4-8,11,20,23-27,30H,9-10,12-19H2,1-3H3/t20-,23+,24+,25-,26?,27?,28+,29-/m1/s1. The summed E-state index contributed by atoms with van der Waals surface area (Å²) in [6, 6.07) is 11.1. The third-order valence-electron chi connectivity index (χ3n) is 10.6. The fourth-order valence-corrected chi connectivity index (χ4v) is 8.86. The maximum absolute atomic E-state index is 10.2. The zero-order chi connectivity index (χ0) is 20.9. The average molecular weight is 407 g/mol. The molecule has 4 aliphatic rings. The first-order chi connectivity index (χ1) is 14.4. The summed E-state index contributed by atoms with van der Waals surface area (Å²) < 4.78 is 0. The number of aryl methyl sites for hydroxylation is 1. The van der Waals surface area contributed by atoms with Crippen LogP contribution in [0.3, 0.4) is 0 Å². The molecule has 0 aromatic heterocycles. The second kappa shape index (κ2) is 7.80. The Hall–Kier alpha value is -1.08. The van der Waals surface area contributed by atoms with E-state index in [-0.39, 0.29) is 6.10 Å². The van der Waals surface area contributed by atoms with E-state index in [2.05, 4.69) is 57.2 Å². The molecule has 3 fully saturated rings. The van der Waals surface area contributed by atoms with E-state index in [1.165, 1.54) is 56.9 Å². The molecule has 8 atom stereocenters. The van der Waals surface area contributed by atoms with Crippen molar-refractivity contribution in [2.24, 2.45) is 40.4 Å². The lowest BCUT2D eigenvalue weighted by molar-refractivity contribution is -0.0571.